The lowest BCUT2D eigenvalue weighted by atomic mass is 10.0. The summed E-state index contributed by atoms with van der Waals surface area (Å²) in [6, 6.07) is 5.49. The van der Waals surface area contributed by atoms with Gasteiger partial charge in [0.2, 0.25) is 5.91 Å². The predicted octanol–water partition coefficient (Wildman–Crippen LogP) is 3.02. The minimum atomic E-state index is 0.161. The molecule has 3 rings (SSSR count). The normalized spacial score (nSPS) is 29.8. The van der Waals surface area contributed by atoms with Crippen molar-refractivity contribution in [1.82, 2.24) is 0 Å². The maximum absolute atomic E-state index is 12.0. The summed E-state index contributed by atoms with van der Waals surface area (Å²) >= 11 is 3.36. The van der Waals surface area contributed by atoms with Crippen molar-refractivity contribution >= 4 is 33.2 Å². The van der Waals surface area contributed by atoms with Gasteiger partial charge in [-0.15, -0.1) is 0 Å². The fourth-order valence-electron chi connectivity index (χ4n) is 2.78. The summed E-state index contributed by atoms with van der Waals surface area (Å²) in [6.45, 7) is 0. The molecule has 0 aromatic heterocycles. The Morgan fingerprint density at radius 3 is 2.65 bits per heavy atom. The number of amides is 1. The zero-order chi connectivity index (χ0) is 12.0. The number of carbonyl (C=O) groups excluding carboxylic acids is 1. The van der Waals surface area contributed by atoms with Crippen LogP contribution in [0.3, 0.4) is 0 Å². The van der Waals surface area contributed by atoms with Crippen LogP contribution in [0.15, 0.2) is 22.7 Å². The second-order valence-electron chi connectivity index (χ2n) is 5.15. The number of hydrogen-bond donors (Lipinski definition) is 2. The molecule has 1 aromatic carbocycles. The predicted molar refractivity (Wildman–Crippen MR) is 71.5 cm³/mol. The molecular formula is C13H15BrN2O. The molecule has 1 aromatic rings. The van der Waals surface area contributed by atoms with Gasteiger partial charge in [0, 0.05) is 21.8 Å². The maximum atomic E-state index is 12.0. The number of fused-ring (bicyclic) bond motifs is 1. The van der Waals surface area contributed by atoms with Gasteiger partial charge in [-0.2, -0.15) is 0 Å². The first-order valence-corrected chi connectivity index (χ1v) is 6.78. The van der Waals surface area contributed by atoms with E-state index < -0.39 is 0 Å². The fraction of sp³-hybridized carbons (Fsp3) is 0.462. The Morgan fingerprint density at radius 2 is 2.00 bits per heavy atom. The third kappa shape index (κ3) is 2.18. The molecule has 90 valence electrons. The van der Waals surface area contributed by atoms with E-state index in [1.807, 2.05) is 12.1 Å². The second kappa shape index (κ2) is 4.02. The monoisotopic (exact) mass is 294 g/mol. The van der Waals surface area contributed by atoms with Crippen LogP contribution in [0.4, 0.5) is 11.4 Å². The van der Waals surface area contributed by atoms with E-state index in [1.54, 1.807) is 6.07 Å². The minimum absolute atomic E-state index is 0.161. The molecule has 0 radical (unpaired) electrons. The van der Waals surface area contributed by atoms with E-state index in [9.17, 15) is 4.79 Å². The van der Waals surface area contributed by atoms with E-state index in [0.29, 0.717) is 5.69 Å². The van der Waals surface area contributed by atoms with Crippen molar-refractivity contribution in [2.75, 3.05) is 11.1 Å². The van der Waals surface area contributed by atoms with Gasteiger partial charge in [0.25, 0.3) is 0 Å². The summed E-state index contributed by atoms with van der Waals surface area (Å²) in [6.07, 6.45) is 3.50. The van der Waals surface area contributed by atoms with Crippen molar-refractivity contribution in [2.45, 2.75) is 19.3 Å². The van der Waals surface area contributed by atoms with Crippen LogP contribution in [0.5, 0.6) is 0 Å². The molecule has 2 aliphatic rings. The van der Waals surface area contributed by atoms with Crippen LogP contribution in [0.2, 0.25) is 0 Å². The molecule has 4 heteroatoms. The standard InChI is InChI=1S/C13H15BrN2O/c14-11-6-10(1-2-12(11)15)16-13(17)9-4-7-3-8(7)5-9/h1-2,6-9H,3-5,15H2,(H,16,17). The molecule has 0 aliphatic heterocycles. The molecule has 2 atom stereocenters. The fourth-order valence-corrected chi connectivity index (χ4v) is 3.16. The molecule has 2 aliphatic carbocycles. The molecule has 0 saturated heterocycles. The van der Waals surface area contributed by atoms with Gasteiger partial charge in [-0.3, -0.25) is 4.79 Å². The Hall–Kier alpha value is -1.03. The number of anilines is 2. The van der Waals surface area contributed by atoms with Crippen molar-refractivity contribution in [3.63, 3.8) is 0 Å². The smallest absolute Gasteiger partial charge is 0.227 e. The average Bonchev–Trinajstić information content (AvgIpc) is 2.91. The highest BCUT2D eigenvalue weighted by atomic mass is 79.9. The molecule has 0 spiro atoms. The largest absolute Gasteiger partial charge is 0.398 e. The van der Waals surface area contributed by atoms with Crippen LogP contribution in [0, 0.1) is 17.8 Å². The molecule has 3 nitrogen and oxygen atoms in total. The summed E-state index contributed by atoms with van der Waals surface area (Å²) in [5, 5.41) is 2.97. The Balaban J connectivity index is 1.65. The van der Waals surface area contributed by atoms with E-state index in [1.165, 1.54) is 6.42 Å². The van der Waals surface area contributed by atoms with Crippen molar-refractivity contribution in [3.8, 4) is 0 Å². The lowest BCUT2D eigenvalue weighted by Gasteiger charge is -2.12. The highest BCUT2D eigenvalue weighted by Crippen LogP contribution is 2.54. The summed E-state index contributed by atoms with van der Waals surface area (Å²) < 4.78 is 0.824. The van der Waals surface area contributed by atoms with E-state index in [4.69, 9.17) is 5.73 Å². The van der Waals surface area contributed by atoms with Gasteiger partial charge < -0.3 is 11.1 Å². The van der Waals surface area contributed by atoms with Gasteiger partial charge in [-0.05, 0) is 65.2 Å². The van der Waals surface area contributed by atoms with E-state index in [2.05, 4.69) is 21.2 Å². The average molecular weight is 295 g/mol. The number of benzene rings is 1. The minimum Gasteiger partial charge on any atom is -0.398 e. The van der Waals surface area contributed by atoms with Gasteiger partial charge in [-0.25, -0.2) is 0 Å². The van der Waals surface area contributed by atoms with Gasteiger partial charge in [0.15, 0.2) is 0 Å². The summed E-state index contributed by atoms with van der Waals surface area (Å²) in [7, 11) is 0. The van der Waals surface area contributed by atoms with Gasteiger partial charge in [0.1, 0.15) is 0 Å². The number of carbonyl (C=O) groups is 1. The number of hydrogen-bond acceptors (Lipinski definition) is 2. The number of nitrogens with two attached hydrogens (primary N) is 1. The zero-order valence-electron chi connectivity index (χ0n) is 9.45. The molecule has 3 N–H and O–H groups in total. The Kier molecular flexibility index (Phi) is 2.62. The number of nitrogen functional groups attached to an aromatic ring is 1. The van der Waals surface area contributed by atoms with E-state index in [0.717, 1.165) is 34.8 Å². The van der Waals surface area contributed by atoms with Crippen LogP contribution >= 0.6 is 15.9 Å². The van der Waals surface area contributed by atoms with Crippen molar-refractivity contribution in [2.24, 2.45) is 17.8 Å². The zero-order valence-corrected chi connectivity index (χ0v) is 11.0. The summed E-state index contributed by atoms with van der Waals surface area (Å²) in [5.74, 6) is 2.05. The van der Waals surface area contributed by atoms with Crippen LogP contribution in [-0.4, -0.2) is 5.91 Å². The van der Waals surface area contributed by atoms with E-state index >= 15 is 0 Å². The lowest BCUT2D eigenvalue weighted by Crippen LogP contribution is -2.21. The summed E-state index contributed by atoms with van der Waals surface area (Å²) in [5.41, 5.74) is 7.21. The Morgan fingerprint density at radius 1 is 1.29 bits per heavy atom. The van der Waals surface area contributed by atoms with Crippen LogP contribution < -0.4 is 11.1 Å². The van der Waals surface area contributed by atoms with Crippen LogP contribution in [-0.2, 0) is 4.79 Å². The summed E-state index contributed by atoms with van der Waals surface area (Å²) in [4.78, 5) is 12.0. The lowest BCUT2D eigenvalue weighted by molar-refractivity contribution is -0.120. The first kappa shape index (κ1) is 11.1. The van der Waals surface area contributed by atoms with Gasteiger partial charge >= 0.3 is 0 Å². The molecular weight excluding hydrogens is 280 g/mol. The van der Waals surface area contributed by atoms with E-state index in [-0.39, 0.29) is 11.8 Å². The molecule has 2 saturated carbocycles. The van der Waals surface area contributed by atoms with Crippen LogP contribution in [0.1, 0.15) is 19.3 Å². The topological polar surface area (TPSA) is 55.1 Å². The number of rotatable bonds is 2. The number of nitrogens with one attached hydrogen (secondary N) is 1. The maximum Gasteiger partial charge on any atom is 0.227 e. The first-order chi connectivity index (χ1) is 8.13. The van der Waals surface area contributed by atoms with Crippen molar-refractivity contribution in [1.29, 1.82) is 0 Å². The van der Waals surface area contributed by atoms with Crippen molar-refractivity contribution in [3.05, 3.63) is 22.7 Å². The Labute approximate surface area is 109 Å². The SMILES string of the molecule is Nc1ccc(NC(=O)C2CC3CC3C2)cc1Br. The third-order valence-electron chi connectivity index (χ3n) is 3.88. The molecule has 2 fully saturated rings. The number of halogens is 1. The molecule has 2 unspecified atom stereocenters. The highest BCUT2D eigenvalue weighted by Gasteiger charge is 2.47. The van der Waals surface area contributed by atoms with Crippen LogP contribution in [0.25, 0.3) is 0 Å². The first-order valence-electron chi connectivity index (χ1n) is 5.99. The third-order valence-corrected chi connectivity index (χ3v) is 4.57. The Bertz CT molecular complexity index is 464. The molecule has 1 amide bonds. The quantitative estimate of drug-likeness (QED) is 0.824. The molecule has 0 heterocycles. The molecule has 17 heavy (non-hydrogen) atoms. The van der Waals surface area contributed by atoms with Gasteiger partial charge in [-0.1, -0.05) is 0 Å². The van der Waals surface area contributed by atoms with Gasteiger partial charge in [0.05, 0.1) is 0 Å². The second-order valence-corrected chi connectivity index (χ2v) is 6.00. The highest BCUT2D eigenvalue weighted by molar-refractivity contribution is 9.10. The molecule has 0 bridgehead atoms. The van der Waals surface area contributed by atoms with Crippen molar-refractivity contribution < 1.29 is 4.79 Å².